The average molecular weight is 359 g/mol. The van der Waals surface area contributed by atoms with Crippen LogP contribution >= 0.6 is 0 Å². The Bertz CT molecular complexity index is 864. The lowest BCUT2D eigenvalue weighted by molar-refractivity contribution is 0.322. The predicted molar refractivity (Wildman–Crippen MR) is 109 cm³/mol. The van der Waals surface area contributed by atoms with Gasteiger partial charge in [0.15, 0.2) is 0 Å². The van der Waals surface area contributed by atoms with E-state index in [9.17, 15) is 0 Å². The largest absolute Gasteiger partial charge is 0.493 e. The van der Waals surface area contributed by atoms with Crippen LogP contribution in [-0.4, -0.2) is 6.61 Å². The molecular weight excluding hydrogens is 334 g/mol. The summed E-state index contributed by atoms with van der Waals surface area (Å²) in [6, 6.07) is 27.4. The maximum atomic E-state index is 5.90. The summed E-state index contributed by atoms with van der Waals surface area (Å²) in [5.41, 5.74) is 17.2. The molecular formula is C23H25N3O. The van der Waals surface area contributed by atoms with Gasteiger partial charge in [0.05, 0.1) is 6.61 Å². The third kappa shape index (κ3) is 4.48. The Morgan fingerprint density at radius 2 is 1.56 bits per heavy atom. The van der Waals surface area contributed by atoms with E-state index in [2.05, 4.69) is 65.4 Å². The molecule has 0 bridgehead atoms. The third-order valence-corrected chi connectivity index (χ3v) is 5.00. The van der Waals surface area contributed by atoms with Gasteiger partial charge in [-0.15, -0.1) is 0 Å². The fourth-order valence-corrected chi connectivity index (χ4v) is 3.50. The lowest BCUT2D eigenvalue weighted by Crippen LogP contribution is -2.26. The van der Waals surface area contributed by atoms with Crippen LogP contribution in [0.4, 0.5) is 5.69 Å². The molecule has 0 spiro atoms. The van der Waals surface area contributed by atoms with Crippen LogP contribution in [-0.2, 0) is 6.42 Å². The topological polar surface area (TPSA) is 59.3 Å². The molecule has 0 aliphatic carbocycles. The standard InChI is InChI=1S/C23H25N3O/c24-20-8-4-7-19(15-20)23-16-22(25-26-23)18-9-11-21(12-10-18)27-14-13-17-5-2-1-3-6-17/h1-12,15,22-23,25-26H,13-14,16,24H2. The van der Waals surface area contributed by atoms with E-state index in [-0.39, 0.29) is 12.1 Å². The van der Waals surface area contributed by atoms with Crippen LogP contribution in [0, 0.1) is 0 Å². The van der Waals surface area contributed by atoms with Crippen molar-refractivity contribution >= 4 is 5.69 Å². The molecule has 27 heavy (non-hydrogen) atoms. The Hall–Kier alpha value is -2.82. The minimum absolute atomic E-state index is 0.264. The monoisotopic (exact) mass is 359 g/mol. The third-order valence-electron chi connectivity index (χ3n) is 5.00. The van der Waals surface area contributed by atoms with Crippen molar-refractivity contribution in [3.63, 3.8) is 0 Å². The zero-order valence-electron chi connectivity index (χ0n) is 15.3. The van der Waals surface area contributed by atoms with Crippen molar-refractivity contribution in [1.29, 1.82) is 0 Å². The lowest BCUT2D eigenvalue weighted by Gasteiger charge is -2.12. The van der Waals surface area contributed by atoms with Gasteiger partial charge in [0.25, 0.3) is 0 Å². The highest BCUT2D eigenvalue weighted by atomic mass is 16.5. The molecule has 1 saturated heterocycles. The highest BCUT2D eigenvalue weighted by molar-refractivity contribution is 5.42. The minimum Gasteiger partial charge on any atom is -0.493 e. The number of benzene rings is 3. The van der Waals surface area contributed by atoms with Crippen molar-refractivity contribution in [2.45, 2.75) is 24.9 Å². The molecule has 2 unspecified atom stereocenters. The predicted octanol–water partition coefficient (Wildman–Crippen LogP) is 4.17. The van der Waals surface area contributed by atoms with Crippen LogP contribution in [0.15, 0.2) is 78.9 Å². The van der Waals surface area contributed by atoms with Crippen molar-refractivity contribution in [1.82, 2.24) is 10.9 Å². The Morgan fingerprint density at radius 3 is 2.30 bits per heavy atom. The fourth-order valence-electron chi connectivity index (χ4n) is 3.50. The number of nitrogens with one attached hydrogen (secondary N) is 2. The first-order valence-corrected chi connectivity index (χ1v) is 9.41. The number of nitrogen functional groups attached to an aromatic ring is 1. The Morgan fingerprint density at radius 1 is 0.815 bits per heavy atom. The summed E-state index contributed by atoms with van der Waals surface area (Å²) in [7, 11) is 0. The molecule has 0 amide bonds. The molecule has 4 N–H and O–H groups in total. The van der Waals surface area contributed by atoms with Gasteiger partial charge in [-0.1, -0.05) is 54.6 Å². The van der Waals surface area contributed by atoms with Crippen molar-refractivity contribution in [2.24, 2.45) is 0 Å². The second-order valence-electron chi connectivity index (χ2n) is 6.95. The van der Waals surface area contributed by atoms with E-state index in [1.807, 2.05) is 24.3 Å². The van der Waals surface area contributed by atoms with E-state index >= 15 is 0 Å². The number of hydrazine groups is 1. The zero-order chi connectivity index (χ0) is 18.5. The van der Waals surface area contributed by atoms with Crippen LogP contribution in [0.3, 0.4) is 0 Å². The van der Waals surface area contributed by atoms with Gasteiger partial charge in [-0.05, 0) is 47.4 Å². The summed E-state index contributed by atoms with van der Waals surface area (Å²) in [5, 5.41) is 0. The van der Waals surface area contributed by atoms with E-state index in [1.54, 1.807) is 0 Å². The molecule has 4 heteroatoms. The number of rotatable bonds is 6. The maximum Gasteiger partial charge on any atom is 0.119 e. The molecule has 4 nitrogen and oxygen atoms in total. The lowest BCUT2D eigenvalue weighted by atomic mass is 9.97. The van der Waals surface area contributed by atoms with E-state index < -0.39 is 0 Å². The number of nitrogens with two attached hydrogens (primary N) is 1. The van der Waals surface area contributed by atoms with E-state index in [0.29, 0.717) is 6.61 Å². The summed E-state index contributed by atoms with van der Waals surface area (Å²) in [4.78, 5) is 0. The van der Waals surface area contributed by atoms with Crippen LogP contribution in [0.25, 0.3) is 0 Å². The molecule has 3 aromatic rings. The second kappa shape index (κ2) is 8.25. The molecule has 138 valence electrons. The first-order valence-electron chi connectivity index (χ1n) is 9.41. The van der Waals surface area contributed by atoms with Gasteiger partial charge in [-0.25, -0.2) is 10.9 Å². The normalized spacial score (nSPS) is 19.1. The van der Waals surface area contributed by atoms with Gasteiger partial charge in [-0.3, -0.25) is 0 Å². The number of ether oxygens (including phenoxy) is 1. The molecule has 4 rings (SSSR count). The van der Waals surface area contributed by atoms with Crippen LogP contribution < -0.4 is 21.3 Å². The average Bonchev–Trinajstić information content (AvgIpc) is 3.20. The summed E-state index contributed by atoms with van der Waals surface area (Å²) >= 11 is 0. The van der Waals surface area contributed by atoms with Gasteiger partial charge in [0.2, 0.25) is 0 Å². The SMILES string of the molecule is Nc1cccc(C2CC(c3ccc(OCCc4ccccc4)cc3)NN2)c1. The molecule has 1 fully saturated rings. The first-order chi connectivity index (χ1) is 13.3. The number of hydrogen-bond acceptors (Lipinski definition) is 4. The molecule has 0 radical (unpaired) electrons. The molecule has 0 saturated carbocycles. The summed E-state index contributed by atoms with van der Waals surface area (Å²) in [6.07, 6.45) is 1.90. The Kier molecular flexibility index (Phi) is 5.37. The molecule has 2 atom stereocenters. The molecule has 0 aromatic heterocycles. The summed E-state index contributed by atoms with van der Waals surface area (Å²) in [5.74, 6) is 0.910. The fraction of sp³-hybridized carbons (Fsp3) is 0.217. The van der Waals surface area contributed by atoms with Crippen LogP contribution in [0.2, 0.25) is 0 Å². The van der Waals surface area contributed by atoms with Gasteiger partial charge >= 0.3 is 0 Å². The molecule has 1 heterocycles. The molecule has 1 aliphatic heterocycles. The van der Waals surface area contributed by atoms with E-state index in [0.717, 1.165) is 24.3 Å². The van der Waals surface area contributed by atoms with Gasteiger partial charge in [-0.2, -0.15) is 0 Å². The minimum atomic E-state index is 0.264. The van der Waals surface area contributed by atoms with Gasteiger partial charge < -0.3 is 10.5 Å². The number of hydrogen-bond donors (Lipinski definition) is 3. The highest BCUT2D eigenvalue weighted by Gasteiger charge is 2.26. The van der Waals surface area contributed by atoms with Crippen LogP contribution in [0.5, 0.6) is 5.75 Å². The quantitative estimate of drug-likeness (QED) is 0.578. The van der Waals surface area contributed by atoms with Crippen molar-refractivity contribution in [3.8, 4) is 5.75 Å². The smallest absolute Gasteiger partial charge is 0.119 e. The van der Waals surface area contributed by atoms with Crippen molar-refractivity contribution in [2.75, 3.05) is 12.3 Å². The molecule has 1 aliphatic rings. The molecule has 3 aromatic carbocycles. The van der Waals surface area contributed by atoms with Crippen LogP contribution in [0.1, 0.15) is 35.2 Å². The summed E-state index contributed by atoms with van der Waals surface area (Å²) in [6.45, 7) is 0.685. The Balaban J connectivity index is 1.31. The van der Waals surface area contributed by atoms with Crippen molar-refractivity contribution in [3.05, 3.63) is 95.6 Å². The first kappa shape index (κ1) is 17.6. The van der Waals surface area contributed by atoms with Gasteiger partial charge in [0, 0.05) is 24.2 Å². The maximum absolute atomic E-state index is 5.90. The van der Waals surface area contributed by atoms with E-state index in [1.165, 1.54) is 16.7 Å². The Labute approximate surface area is 160 Å². The van der Waals surface area contributed by atoms with Gasteiger partial charge in [0.1, 0.15) is 5.75 Å². The summed E-state index contributed by atoms with van der Waals surface area (Å²) < 4.78 is 5.88. The van der Waals surface area contributed by atoms with Crippen molar-refractivity contribution < 1.29 is 4.74 Å². The second-order valence-corrected chi connectivity index (χ2v) is 6.95. The zero-order valence-corrected chi connectivity index (χ0v) is 15.3. The van der Waals surface area contributed by atoms with E-state index in [4.69, 9.17) is 10.5 Å². The number of anilines is 1. The highest BCUT2D eigenvalue weighted by Crippen LogP contribution is 2.32.